The maximum Gasteiger partial charge on any atom is 0.273 e. The van der Waals surface area contributed by atoms with E-state index in [-0.39, 0.29) is 18.2 Å². The summed E-state index contributed by atoms with van der Waals surface area (Å²) >= 11 is 6.52. The van der Waals surface area contributed by atoms with Crippen molar-refractivity contribution in [2.24, 2.45) is 12.8 Å². The van der Waals surface area contributed by atoms with Gasteiger partial charge in [0.25, 0.3) is 5.56 Å². The summed E-state index contributed by atoms with van der Waals surface area (Å²) in [6.07, 6.45) is 3.91. The topological polar surface area (TPSA) is 103 Å². The normalized spacial score (nSPS) is 13.3. The predicted molar refractivity (Wildman–Crippen MR) is 123 cm³/mol. The van der Waals surface area contributed by atoms with Crippen LogP contribution < -0.4 is 16.0 Å². The van der Waals surface area contributed by atoms with Crippen molar-refractivity contribution < 1.29 is 4.74 Å². The molecule has 3 N–H and O–H groups in total. The fourth-order valence-corrected chi connectivity index (χ4v) is 4.17. The highest BCUT2D eigenvalue weighted by atomic mass is 35.5. The number of hydrogen-bond acceptors (Lipinski definition) is 5. The van der Waals surface area contributed by atoms with Gasteiger partial charge in [0.15, 0.2) is 0 Å². The number of aromatic amines is 1. The summed E-state index contributed by atoms with van der Waals surface area (Å²) in [6.45, 7) is 7.94. The monoisotopic (exact) mass is 446 g/mol. The molecule has 160 valence electrons. The van der Waals surface area contributed by atoms with Crippen molar-refractivity contribution in [3.05, 3.63) is 69.0 Å². The Morgan fingerprint density at radius 1 is 1.34 bits per heavy atom. The molecule has 1 fully saturated rings. The number of nitrogens with one attached hydrogen (secondary N) is 1. The van der Waals surface area contributed by atoms with Crippen molar-refractivity contribution in [3.8, 4) is 28.1 Å². The Morgan fingerprint density at radius 2 is 2.16 bits per heavy atom. The number of fused-ring (bicyclic) bond motifs is 1. The molecule has 0 aliphatic heterocycles. The van der Waals surface area contributed by atoms with Crippen LogP contribution in [0.1, 0.15) is 18.5 Å². The van der Waals surface area contributed by atoms with Gasteiger partial charge in [-0.05, 0) is 36.6 Å². The van der Waals surface area contributed by atoms with Gasteiger partial charge in [-0.15, -0.1) is 0 Å². The first-order valence-corrected chi connectivity index (χ1v) is 10.5. The first-order chi connectivity index (χ1) is 15.5. The summed E-state index contributed by atoms with van der Waals surface area (Å²) < 4.78 is 7.69. The molecule has 2 heterocycles. The molecular formula is C23H19ClN6O2. The molecule has 0 amide bonds. The van der Waals surface area contributed by atoms with Crippen LogP contribution in [0.2, 0.25) is 5.02 Å². The number of H-pyrrole nitrogens is 1. The minimum Gasteiger partial charge on any atom is -0.501 e. The number of halogens is 1. The summed E-state index contributed by atoms with van der Waals surface area (Å²) in [7, 11) is 1.82. The second kappa shape index (κ2) is 7.79. The average Bonchev–Trinajstić information content (AvgIpc) is 3.52. The summed E-state index contributed by atoms with van der Waals surface area (Å²) in [5.41, 5.74) is 9.43. The summed E-state index contributed by atoms with van der Waals surface area (Å²) in [6, 6.07) is 9.15. The van der Waals surface area contributed by atoms with Crippen LogP contribution in [0.3, 0.4) is 0 Å². The molecule has 0 radical (unpaired) electrons. The van der Waals surface area contributed by atoms with E-state index in [2.05, 4.69) is 20.1 Å². The van der Waals surface area contributed by atoms with E-state index < -0.39 is 0 Å². The largest absolute Gasteiger partial charge is 0.501 e. The Labute approximate surface area is 188 Å². The number of ether oxygens (including phenoxy) is 1. The molecule has 1 aliphatic rings. The number of hydrogen-bond donors (Lipinski definition) is 2. The number of nitrogens with zero attached hydrogens (tertiary/aromatic N) is 4. The summed E-state index contributed by atoms with van der Waals surface area (Å²) in [5.74, 6) is 0.574. The van der Waals surface area contributed by atoms with E-state index >= 15 is 0 Å². The Balaban J connectivity index is 1.74. The van der Waals surface area contributed by atoms with Gasteiger partial charge in [-0.1, -0.05) is 23.7 Å². The van der Waals surface area contributed by atoms with Crippen LogP contribution >= 0.6 is 11.6 Å². The molecule has 0 atom stereocenters. The Bertz CT molecular complexity index is 1460. The molecule has 32 heavy (non-hydrogen) atoms. The summed E-state index contributed by atoms with van der Waals surface area (Å²) in [4.78, 5) is 16.1. The average molecular weight is 447 g/mol. The van der Waals surface area contributed by atoms with Crippen molar-refractivity contribution >= 4 is 28.1 Å². The van der Waals surface area contributed by atoms with Gasteiger partial charge in [-0.2, -0.15) is 10.2 Å². The number of rotatable bonds is 5. The second-order valence-electron chi connectivity index (χ2n) is 7.70. The van der Waals surface area contributed by atoms with Gasteiger partial charge >= 0.3 is 0 Å². The Morgan fingerprint density at radius 3 is 2.88 bits per heavy atom. The molecule has 1 saturated carbocycles. The van der Waals surface area contributed by atoms with Gasteiger partial charge in [0.2, 0.25) is 5.69 Å². The van der Waals surface area contributed by atoms with Crippen LogP contribution in [0, 0.1) is 6.57 Å². The smallest absolute Gasteiger partial charge is 0.273 e. The lowest BCUT2D eigenvalue weighted by atomic mass is 9.97. The van der Waals surface area contributed by atoms with E-state index in [0.717, 1.165) is 29.7 Å². The minimum absolute atomic E-state index is 0.148. The second-order valence-corrected chi connectivity index (χ2v) is 8.10. The van der Waals surface area contributed by atoms with Crippen molar-refractivity contribution in [2.45, 2.75) is 25.5 Å². The van der Waals surface area contributed by atoms with E-state index in [1.807, 2.05) is 31.3 Å². The van der Waals surface area contributed by atoms with Crippen LogP contribution in [0.25, 0.3) is 38.0 Å². The van der Waals surface area contributed by atoms with Gasteiger partial charge in [0, 0.05) is 30.1 Å². The number of benzene rings is 2. The number of para-hydroxylation sites is 1. The van der Waals surface area contributed by atoms with Gasteiger partial charge in [0.1, 0.15) is 5.75 Å². The van der Waals surface area contributed by atoms with Crippen molar-refractivity contribution in [1.29, 1.82) is 0 Å². The number of nitrogens with two attached hydrogens (primary N) is 1. The fourth-order valence-electron chi connectivity index (χ4n) is 3.87. The van der Waals surface area contributed by atoms with Gasteiger partial charge in [-0.3, -0.25) is 9.48 Å². The van der Waals surface area contributed by atoms with E-state index in [4.69, 9.17) is 28.6 Å². The van der Waals surface area contributed by atoms with E-state index in [9.17, 15) is 4.79 Å². The van der Waals surface area contributed by atoms with Crippen LogP contribution in [0.5, 0.6) is 5.75 Å². The molecule has 4 aromatic rings. The standard InChI is InChI=1S/C23H19ClN6O2/c1-26-21-14(4-3-5-19(21)32-13-6-7-13)22-16(11-27-30(22)2)12-8-15-18(10-25)28-29-23(31)20(15)17(24)9-12/h3-5,8-9,11,13H,6-7,10,25H2,2H3,(H,29,31). The lowest BCUT2D eigenvalue weighted by Crippen LogP contribution is -2.13. The quantitative estimate of drug-likeness (QED) is 0.447. The van der Waals surface area contributed by atoms with Gasteiger partial charge < -0.3 is 10.5 Å². The predicted octanol–water partition coefficient (Wildman–Crippen LogP) is 4.19. The maximum atomic E-state index is 12.3. The fraction of sp³-hybridized carbons (Fsp3) is 0.217. The number of aryl methyl sites for hydroxylation is 1. The lowest BCUT2D eigenvalue weighted by molar-refractivity contribution is 0.305. The third-order valence-corrected chi connectivity index (χ3v) is 5.85. The Kier molecular flexibility index (Phi) is 4.93. The van der Waals surface area contributed by atoms with Crippen molar-refractivity contribution in [1.82, 2.24) is 20.0 Å². The zero-order chi connectivity index (χ0) is 22.4. The molecule has 8 nitrogen and oxygen atoms in total. The van der Waals surface area contributed by atoms with E-state index in [0.29, 0.717) is 38.5 Å². The Hall–Kier alpha value is -3.67. The van der Waals surface area contributed by atoms with Crippen LogP contribution in [-0.4, -0.2) is 26.1 Å². The number of aromatic nitrogens is 4. The zero-order valence-corrected chi connectivity index (χ0v) is 18.0. The first-order valence-electron chi connectivity index (χ1n) is 10.1. The minimum atomic E-state index is -0.375. The lowest BCUT2D eigenvalue weighted by Gasteiger charge is -2.14. The van der Waals surface area contributed by atoms with Crippen molar-refractivity contribution in [2.75, 3.05) is 0 Å². The van der Waals surface area contributed by atoms with Crippen LogP contribution in [0.15, 0.2) is 41.3 Å². The highest BCUT2D eigenvalue weighted by molar-refractivity contribution is 6.36. The molecule has 5 rings (SSSR count). The molecule has 0 unspecified atom stereocenters. The maximum absolute atomic E-state index is 12.3. The van der Waals surface area contributed by atoms with E-state index in [1.165, 1.54) is 0 Å². The van der Waals surface area contributed by atoms with Gasteiger partial charge in [0.05, 0.1) is 40.7 Å². The SMILES string of the molecule is [C-]#[N+]c1c(OC2CC2)cccc1-c1c(-c2cc(Cl)c3c(=O)[nH]nc(CN)c3c2)cnn1C. The van der Waals surface area contributed by atoms with Crippen LogP contribution in [0.4, 0.5) is 5.69 Å². The first kappa shape index (κ1) is 20.2. The molecule has 2 aromatic carbocycles. The summed E-state index contributed by atoms with van der Waals surface area (Å²) in [5, 5.41) is 12.2. The highest BCUT2D eigenvalue weighted by Crippen LogP contribution is 2.44. The molecule has 0 saturated heterocycles. The molecule has 2 aromatic heterocycles. The van der Waals surface area contributed by atoms with E-state index in [1.54, 1.807) is 16.9 Å². The third-order valence-electron chi connectivity index (χ3n) is 5.55. The zero-order valence-electron chi connectivity index (χ0n) is 17.2. The molecule has 0 spiro atoms. The van der Waals surface area contributed by atoms with Crippen molar-refractivity contribution in [3.63, 3.8) is 0 Å². The molecule has 1 aliphatic carbocycles. The highest BCUT2D eigenvalue weighted by Gasteiger charge is 2.26. The third kappa shape index (κ3) is 3.32. The molecular weight excluding hydrogens is 428 g/mol. The van der Waals surface area contributed by atoms with Crippen LogP contribution in [-0.2, 0) is 13.6 Å². The molecule has 9 heteroatoms. The van der Waals surface area contributed by atoms with Gasteiger partial charge in [-0.25, -0.2) is 9.94 Å². The molecule has 0 bridgehead atoms.